The van der Waals surface area contributed by atoms with Gasteiger partial charge in [-0.2, -0.15) is 0 Å². The van der Waals surface area contributed by atoms with Crippen molar-refractivity contribution in [1.29, 1.82) is 0 Å². The van der Waals surface area contributed by atoms with Crippen LogP contribution in [-0.2, 0) is 4.74 Å². The fourth-order valence-corrected chi connectivity index (χ4v) is 3.32. The summed E-state index contributed by atoms with van der Waals surface area (Å²) in [5.74, 6) is -0.810. The van der Waals surface area contributed by atoms with E-state index in [1.165, 1.54) is 17.4 Å². The second kappa shape index (κ2) is 6.98. The second-order valence-corrected chi connectivity index (χ2v) is 6.52. The van der Waals surface area contributed by atoms with Gasteiger partial charge in [0.2, 0.25) is 0 Å². The summed E-state index contributed by atoms with van der Waals surface area (Å²) < 4.78 is 5.97. The number of pyridine rings is 1. The number of hydrogen-bond acceptors (Lipinski definition) is 6. The van der Waals surface area contributed by atoms with E-state index in [-0.39, 0.29) is 18.2 Å². The highest BCUT2D eigenvalue weighted by molar-refractivity contribution is 7.22. The van der Waals surface area contributed by atoms with Crippen LogP contribution in [0.15, 0.2) is 30.3 Å². The van der Waals surface area contributed by atoms with Crippen molar-refractivity contribution in [2.75, 3.05) is 11.9 Å². The Hall–Kier alpha value is -2.80. The number of benzene rings is 1. The first kappa shape index (κ1) is 17.0. The number of rotatable bonds is 4. The zero-order chi connectivity index (χ0) is 18.0. The van der Waals surface area contributed by atoms with E-state index in [1.807, 2.05) is 25.1 Å². The maximum Gasteiger partial charge on any atom is 0.339 e. The molecule has 0 aliphatic rings. The number of carbonyl (C=O) groups is 2. The lowest BCUT2D eigenvalue weighted by atomic mass is 10.2. The van der Waals surface area contributed by atoms with Crippen molar-refractivity contribution in [3.8, 4) is 0 Å². The summed E-state index contributed by atoms with van der Waals surface area (Å²) in [6, 6.07) is 8.99. The molecule has 0 saturated heterocycles. The molecule has 2 heterocycles. The molecule has 128 valence electrons. The molecule has 0 atom stereocenters. The number of hydrogen-bond donors (Lipinski definition) is 1. The number of fused-ring (bicyclic) bond motifs is 1. The van der Waals surface area contributed by atoms with Gasteiger partial charge in [0.05, 0.1) is 28.1 Å². The van der Waals surface area contributed by atoms with Gasteiger partial charge in [-0.3, -0.25) is 10.1 Å². The van der Waals surface area contributed by atoms with Crippen LogP contribution in [0.4, 0.5) is 5.13 Å². The van der Waals surface area contributed by atoms with Crippen LogP contribution in [0.2, 0.25) is 0 Å². The van der Waals surface area contributed by atoms with Crippen LogP contribution in [0.1, 0.15) is 39.0 Å². The van der Waals surface area contributed by atoms with E-state index in [9.17, 15) is 9.59 Å². The van der Waals surface area contributed by atoms with Gasteiger partial charge in [0.25, 0.3) is 5.91 Å². The van der Waals surface area contributed by atoms with Crippen molar-refractivity contribution in [2.45, 2.75) is 20.8 Å². The van der Waals surface area contributed by atoms with Gasteiger partial charge in [0.1, 0.15) is 5.69 Å². The normalized spacial score (nSPS) is 10.7. The number of aryl methyl sites for hydroxylation is 2. The van der Waals surface area contributed by atoms with E-state index in [4.69, 9.17) is 4.74 Å². The summed E-state index contributed by atoms with van der Waals surface area (Å²) in [7, 11) is 0. The highest BCUT2D eigenvalue weighted by atomic mass is 32.1. The lowest BCUT2D eigenvalue weighted by Crippen LogP contribution is -2.16. The van der Waals surface area contributed by atoms with Gasteiger partial charge in [0.15, 0.2) is 5.13 Å². The van der Waals surface area contributed by atoms with Crippen molar-refractivity contribution in [3.05, 3.63) is 52.8 Å². The summed E-state index contributed by atoms with van der Waals surface area (Å²) in [6.07, 6.45) is 0. The van der Waals surface area contributed by atoms with Crippen molar-refractivity contribution in [1.82, 2.24) is 9.97 Å². The van der Waals surface area contributed by atoms with Gasteiger partial charge in [-0.25, -0.2) is 14.8 Å². The van der Waals surface area contributed by atoms with E-state index < -0.39 is 5.97 Å². The molecule has 3 rings (SSSR count). The van der Waals surface area contributed by atoms with Gasteiger partial charge in [-0.1, -0.05) is 17.4 Å². The lowest BCUT2D eigenvalue weighted by molar-refractivity contribution is 0.0524. The summed E-state index contributed by atoms with van der Waals surface area (Å²) in [4.78, 5) is 32.8. The molecule has 0 aliphatic carbocycles. The molecule has 1 amide bonds. The Bertz CT molecular complexity index is 965. The number of carbonyl (C=O) groups excluding carboxylic acids is 2. The standard InChI is InChI=1S/C18H17N3O3S/c1-4-24-17(23)12-6-8-14(19-11(12)3)16(22)21-18-20-13-7-5-10(2)9-15(13)25-18/h5-9H,4H2,1-3H3,(H,20,21,22). The van der Waals surface area contributed by atoms with E-state index in [2.05, 4.69) is 15.3 Å². The molecule has 0 radical (unpaired) electrons. The van der Waals surface area contributed by atoms with Crippen LogP contribution in [0.5, 0.6) is 0 Å². The van der Waals surface area contributed by atoms with Crippen LogP contribution >= 0.6 is 11.3 Å². The van der Waals surface area contributed by atoms with Gasteiger partial charge in [-0.15, -0.1) is 0 Å². The number of esters is 1. The molecule has 0 unspecified atom stereocenters. The molecule has 25 heavy (non-hydrogen) atoms. The summed E-state index contributed by atoms with van der Waals surface area (Å²) >= 11 is 1.41. The first-order valence-corrected chi connectivity index (χ1v) is 8.63. The van der Waals surface area contributed by atoms with Gasteiger partial charge in [0, 0.05) is 0 Å². The number of nitrogens with zero attached hydrogens (tertiary/aromatic N) is 2. The van der Waals surface area contributed by atoms with Crippen LogP contribution in [0, 0.1) is 13.8 Å². The number of thiazole rings is 1. The van der Waals surface area contributed by atoms with Crippen LogP contribution in [0.3, 0.4) is 0 Å². The molecule has 3 aromatic rings. The van der Waals surface area contributed by atoms with Crippen molar-refractivity contribution >= 4 is 38.6 Å². The average molecular weight is 355 g/mol. The Kier molecular flexibility index (Phi) is 4.76. The average Bonchev–Trinajstić information content (AvgIpc) is 2.96. The maximum atomic E-state index is 12.4. The fourth-order valence-electron chi connectivity index (χ4n) is 2.36. The lowest BCUT2D eigenvalue weighted by Gasteiger charge is -2.06. The number of nitrogens with one attached hydrogen (secondary N) is 1. The third-order valence-corrected chi connectivity index (χ3v) is 4.51. The summed E-state index contributed by atoms with van der Waals surface area (Å²) in [5.41, 5.74) is 3.01. The molecule has 0 spiro atoms. The Morgan fingerprint density at radius 1 is 1.16 bits per heavy atom. The minimum Gasteiger partial charge on any atom is -0.462 e. The largest absolute Gasteiger partial charge is 0.462 e. The number of anilines is 1. The van der Waals surface area contributed by atoms with E-state index in [1.54, 1.807) is 19.9 Å². The molecule has 1 N–H and O–H groups in total. The van der Waals surface area contributed by atoms with Gasteiger partial charge >= 0.3 is 5.97 Å². The molecule has 2 aromatic heterocycles. The van der Waals surface area contributed by atoms with Crippen LogP contribution < -0.4 is 5.32 Å². The number of aromatic nitrogens is 2. The van der Waals surface area contributed by atoms with Crippen LogP contribution in [0.25, 0.3) is 10.2 Å². The maximum absolute atomic E-state index is 12.4. The topological polar surface area (TPSA) is 81.2 Å². The smallest absolute Gasteiger partial charge is 0.339 e. The summed E-state index contributed by atoms with van der Waals surface area (Å²) in [6.45, 7) is 5.71. The third kappa shape index (κ3) is 3.66. The van der Waals surface area contributed by atoms with Crippen LogP contribution in [-0.4, -0.2) is 28.5 Å². The molecule has 0 bridgehead atoms. The molecule has 0 aliphatic heterocycles. The first-order valence-electron chi connectivity index (χ1n) is 7.81. The molecular weight excluding hydrogens is 338 g/mol. The van der Waals surface area contributed by atoms with E-state index in [0.29, 0.717) is 16.4 Å². The first-order chi connectivity index (χ1) is 12.0. The quantitative estimate of drug-likeness (QED) is 0.721. The van der Waals surface area contributed by atoms with E-state index in [0.717, 1.165) is 15.8 Å². The summed E-state index contributed by atoms with van der Waals surface area (Å²) in [5, 5.41) is 3.27. The predicted octanol–water partition coefficient (Wildman–Crippen LogP) is 3.74. The number of ether oxygens (including phenoxy) is 1. The Morgan fingerprint density at radius 3 is 2.68 bits per heavy atom. The molecule has 1 aromatic carbocycles. The van der Waals surface area contributed by atoms with E-state index >= 15 is 0 Å². The fraction of sp³-hybridized carbons (Fsp3) is 0.222. The Labute approximate surface area is 148 Å². The minimum atomic E-state index is -0.444. The molecule has 0 fully saturated rings. The third-order valence-electron chi connectivity index (χ3n) is 3.58. The molecular formula is C18H17N3O3S. The zero-order valence-electron chi connectivity index (χ0n) is 14.1. The Balaban J connectivity index is 1.80. The predicted molar refractivity (Wildman–Crippen MR) is 97.2 cm³/mol. The van der Waals surface area contributed by atoms with Crippen molar-refractivity contribution < 1.29 is 14.3 Å². The highest BCUT2D eigenvalue weighted by Gasteiger charge is 2.16. The second-order valence-electron chi connectivity index (χ2n) is 5.49. The Morgan fingerprint density at radius 2 is 1.96 bits per heavy atom. The molecule has 0 saturated carbocycles. The monoisotopic (exact) mass is 355 g/mol. The SMILES string of the molecule is CCOC(=O)c1ccc(C(=O)Nc2nc3ccc(C)cc3s2)nc1C. The van der Waals surface area contributed by atoms with Gasteiger partial charge in [-0.05, 0) is 50.6 Å². The van der Waals surface area contributed by atoms with Gasteiger partial charge < -0.3 is 4.74 Å². The number of amides is 1. The highest BCUT2D eigenvalue weighted by Crippen LogP contribution is 2.27. The van der Waals surface area contributed by atoms with Crippen molar-refractivity contribution in [3.63, 3.8) is 0 Å². The molecule has 6 nitrogen and oxygen atoms in total. The molecule has 7 heteroatoms. The van der Waals surface area contributed by atoms with Crippen molar-refractivity contribution in [2.24, 2.45) is 0 Å². The zero-order valence-corrected chi connectivity index (χ0v) is 14.9. The minimum absolute atomic E-state index is 0.223.